The average molecular weight is 311 g/mol. The summed E-state index contributed by atoms with van der Waals surface area (Å²) in [6.45, 7) is 4.76. The second-order valence-electron chi connectivity index (χ2n) is 5.80. The van der Waals surface area contributed by atoms with E-state index >= 15 is 0 Å². The fourth-order valence-corrected chi connectivity index (χ4v) is 3.82. The van der Waals surface area contributed by atoms with E-state index in [1.165, 1.54) is 0 Å². The van der Waals surface area contributed by atoms with Crippen LogP contribution in [0.1, 0.15) is 30.6 Å². The largest absolute Gasteiger partial charge is 0.493 e. The number of benzene rings is 1. The van der Waals surface area contributed by atoms with E-state index in [-0.39, 0.29) is 23.5 Å². The number of hydrogen-bond acceptors (Lipinski definition) is 4. The van der Waals surface area contributed by atoms with Crippen molar-refractivity contribution in [3.8, 4) is 5.75 Å². The third-order valence-electron chi connectivity index (χ3n) is 3.27. The summed E-state index contributed by atoms with van der Waals surface area (Å²) in [7, 11) is -2.98. The lowest BCUT2D eigenvalue weighted by Gasteiger charge is -2.12. The lowest BCUT2D eigenvalue weighted by molar-refractivity contribution is 0.0941. The second kappa shape index (κ2) is 6.47. The molecule has 6 heteroatoms. The zero-order valence-corrected chi connectivity index (χ0v) is 13.2. The minimum Gasteiger partial charge on any atom is -0.493 e. The monoisotopic (exact) mass is 311 g/mol. The molecule has 1 fully saturated rings. The highest BCUT2D eigenvalue weighted by Gasteiger charge is 2.29. The van der Waals surface area contributed by atoms with Gasteiger partial charge in [-0.05, 0) is 36.6 Å². The number of ether oxygens (including phenoxy) is 1. The van der Waals surface area contributed by atoms with Gasteiger partial charge in [-0.3, -0.25) is 4.79 Å². The normalized spacial score (nSPS) is 20.4. The highest BCUT2D eigenvalue weighted by molar-refractivity contribution is 7.91. The van der Waals surface area contributed by atoms with Crippen LogP contribution in [0.25, 0.3) is 0 Å². The van der Waals surface area contributed by atoms with E-state index in [9.17, 15) is 13.2 Å². The maximum absolute atomic E-state index is 12.0. The van der Waals surface area contributed by atoms with Crippen LogP contribution in [-0.2, 0) is 9.84 Å². The Labute approximate surface area is 125 Å². The summed E-state index contributed by atoms with van der Waals surface area (Å²) in [6.07, 6.45) is 0.490. The quantitative estimate of drug-likeness (QED) is 0.897. The fraction of sp³-hybridized carbons (Fsp3) is 0.533. The Bertz CT molecular complexity index is 593. The number of hydrogen-bond donors (Lipinski definition) is 1. The van der Waals surface area contributed by atoms with Crippen molar-refractivity contribution in [1.29, 1.82) is 0 Å². The van der Waals surface area contributed by atoms with Crippen LogP contribution in [0, 0.1) is 5.92 Å². The lowest BCUT2D eigenvalue weighted by Crippen LogP contribution is -2.35. The second-order valence-corrected chi connectivity index (χ2v) is 8.03. The van der Waals surface area contributed by atoms with Crippen molar-refractivity contribution in [1.82, 2.24) is 5.32 Å². The standard InChI is InChI=1S/C15H21NO4S/c1-11(2)9-20-14-5-3-12(4-6-14)15(17)16-13-7-8-21(18,19)10-13/h3-6,11,13H,7-10H2,1-2H3,(H,16,17)/t13-/m0/s1. The van der Waals surface area contributed by atoms with Gasteiger partial charge in [-0.25, -0.2) is 8.42 Å². The smallest absolute Gasteiger partial charge is 0.251 e. The van der Waals surface area contributed by atoms with Crippen LogP contribution in [0.5, 0.6) is 5.75 Å². The summed E-state index contributed by atoms with van der Waals surface area (Å²) in [6, 6.07) is 6.60. The van der Waals surface area contributed by atoms with Gasteiger partial charge in [0.25, 0.3) is 5.91 Å². The molecule has 1 N–H and O–H groups in total. The van der Waals surface area contributed by atoms with E-state index in [0.717, 1.165) is 5.75 Å². The summed E-state index contributed by atoms with van der Waals surface area (Å²) in [5.74, 6) is 1.11. The highest BCUT2D eigenvalue weighted by Crippen LogP contribution is 2.15. The summed E-state index contributed by atoms with van der Waals surface area (Å²) in [5, 5.41) is 2.76. The number of nitrogens with one attached hydrogen (secondary N) is 1. The van der Waals surface area contributed by atoms with Crippen molar-refractivity contribution in [2.45, 2.75) is 26.3 Å². The molecule has 1 atom stereocenters. The van der Waals surface area contributed by atoms with Crippen LogP contribution in [0.4, 0.5) is 0 Å². The average Bonchev–Trinajstić information content (AvgIpc) is 2.76. The Balaban J connectivity index is 1.91. The van der Waals surface area contributed by atoms with Gasteiger partial charge < -0.3 is 10.1 Å². The van der Waals surface area contributed by atoms with Crippen molar-refractivity contribution in [2.75, 3.05) is 18.1 Å². The van der Waals surface area contributed by atoms with Gasteiger partial charge in [-0.15, -0.1) is 0 Å². The molecule has 1 aliphatic heterocycles. The minimum absolute atomic E-state index is 0.0360. The number of carbonyl (C=O) groups is 1. The predicted octanol–water partition coefficient (Wildman–Crippen LogP) is 1.64. The molecule has 0 aliphatic carbocycles. The Kier molecular flexibility index (Phi) is 4.88. The van der Waals surface area contributed by atoms with Gasteiger partial charge in [0.05, 0.1) is 18.1 Å². The number of carbonyl (C=O) groups excluding carboxylic acids is 1. The first-order chi connectivity index (χ1) is 9.85. The maximum Gasteiger partial charge on any atom is 0.251 e. The van der Waals surface area contributed by atoms with Crippen LogP contribution >= 0.6 is 0 Å². The van der Waals surface area contributed by atoms with Crippen LogP contribution < -0.4 is 10.1 Å². The van der Waals surface area contributed by atoms with Gasteiger partial charge in [0, 0.05) is 11.6 Å². The summed E-state index contributed by atoms with van der Waals surface area (Å²) < 4.78 is 28.3. The number of sulfone groups is 1. The number of rotatable bonds is 5. The molecule has 0 radical (unpaired) electrons. The van der Waals surface area contributed by atoms with E-state index in [2.05, 4.69) is 19.2 Å². The molecular weight excluding hydrogens is 290 g/mol. The molecule has 0 bridgehead atoms. The van der Waals surface area contributed by atoms with Crippen molar-refractivity contribution >= 4 is 15.7 Å². The molecule has 0 spiro atoms. The summed E-state index contributed by atoms with van der Waals surface area (Å²) >= 11 is 0. The molecular formula is C15H21NO4S. The van der Waals surface area contributed by atoms with E-state index in [0.29, 0.717) is 24.5 Å². The molecule has 1 amide bonds. The first-order valence-electron chi connectivity index (χ1n) is 7.10. The molecule has 21 heavy (non-hydrogen) atoms. The molecule has 0 saturated carbocycles. The molecule has 1 aromatic carbocycles. The molecule has 1 saturated heterocycles. The van der Waals surface area contributed by atoms with Crippen LogP contribution in [0.15, 0.2) is 24.3 Å². The zero-order valence-electron chi connectivity index (χ0n) is 12.3. The third-order valence-corrected chi connectivity index (χ3v) is 5.04. The van der Waals surface area contributed by atoms with Crippen LogP contribution in [0.3, 0.4) is 0 Å². The summed E-state index contributed by atoms with van der Waals surface area (Å²) in [4.78, 5) is 12.0. The maximum atomic E-state index is 12.0. The van der Waals surface area contributed by atoms with E-state index in [1.807, 2.05) is 0 Å². The Morgan fingerprint density at radius 1 is 1.33 bits per heavy atom. The topological polar surface area (TPSA) is 72.5 Å². The molecule has 1 heterocycles. The molecule has 5 nitrogen and oxygen atoms in total. The molecule has 1 aromatic rings. The van der Waals surface area contributed by atoms with E-state index < -0.39 is 9.84 Å². The van der Waals surface area contributed by atoms with Crippen LogP contribution in [-0.4, -0.2) is 38.5 Å². The van der Waals surface area contributed by atoms with Crippen molar-refractivity contribution in [2.24, 2.45) is 5.92 Å². The van der Waals surface area contributed by atoms with Gasteiger partial charge in [0.2, 0.25) is 0 Å². The molecule has 0 unspecified atom stereocenters. The third kappa shape index (κ3) is 4.74. The van der Waals surface area contributed by atoms with Gasteiger partial charge in [0.15, 0.2) is 9.84 Å². The first-order valence-corrected chi connectivity index (χ1v) is 8.92. The Morgan fingerprint density at radius 2 is 2.00 bits per heavy atom. The highest BCUT2D eigenvalue weighted by atomic mass is 32.2. The number of amides is 1. The van der Waals surface area contributed by atoms with E-state index in [4.69, 9.17) is 4.74 Å². The van der Waals surface area contributed by atoms with Crippen molar-refractivity contribution < 1.29 is 17.9 Å². The Morgan fingerprint density at radius 3 is 2.52 bits per heavy atom. The molecule has 0 aromatic heterocycles. The molecule has 1 aliphatic rings. The molecule has 2 rings (SSSR count). The van der Waals surface area contributed by atoms with Crippen molar-refractivity contribution in [3.63, 3.8) is 0 Å². The van der Waals surface area contributed by atoms with Crippen molar-refractivity contribution in [3.05, 3.63) is 29.8 Å². The minimum atomic E-state index is -2.98. The van der Waals surface area contributed by atoms with Crippen LogP contribution in [0.2, 0.25) is 0 Å². The molecule has 116 valence electrons. The fourth-order valence-electron chi connectivity index (χ4n) is 2.14. The zero-order chi connectivity index (χ0) is 15.5. The summed E-state index contributed by atoms with van der Waals surface area (Å²) in [5.41, 5.74) is 0.510. The van der Waals surface area contributed by atoms with Gasteiger partial charge in [-0.1, -0.05) is 13.8 Å². The first kappa shape index (κ1) is 15.8. The lowest BCUT2D eigenvalue weighted by atomic mass is 10.2. The van der Waals surface area contributed by atoms with E-state index in [1.54, 1.807) is 24.3 Å². The van der Waals surface area contributed by atoms with Gasteiger partial charge >= 0.3 is 0 Å². The predicted molar refractivity (Wildman–Crippen MR) is 81.3 cm³/mol. The van der Waals surface area contributed by atoms with Gasteiger partial charge in [0.1, 0.15) is 5.75 Å². The van der Waals surface area contributed by atoms with Gasteiger partial charge in [-0.2, -0.15) is 0 Å². The Hall–Kier alpha value is -1.56. The SMILES string of the molecule is CC(C)COc1ccc(C(=O)N[C@H]2CCS(=O)(=O)C2)cc1.